The van der Waals surface area contributed by atoms with Gasteiger partial charge in [0, 0.05) is 25.5 Å². The van der Waals surface area contributed by atoms with Crippen molar-refractivity contribution in [2.24, 2.45) is 0 Å². The number of nitrogens with one attached hydrogen (secondary N) is 2. The van der Waals surface area contributed by atoms with Crippen LogP contribution in [0.15, 0.2) is 82.6 Å². The predicted octanol–water partition coefficient (Wildman–Crippen LogP) is 6.24. The van der Waals surface area contributed by atoms with Crippen LogP contribution < -0.4 is 21.8 Å². The summed E-state index contributed by atoms with van der Waals surface area (Å²) in [6, 6.07) is 16.2. The molecule has 0 atom stereocenters. The highest BCUT2D eigenvalue weighted by molar-refractivity contribution is 6.42. The number of benzene rings is 2. The number of halogens is 5. The fraction of sp³-hybridized carbons (Fsp3) is 0.0909. The third-order valence-corrected chi connectivity index (χ3v) is 8.72. The van der Waals surface area contributed by atoms with Crippen LogP contribution in [-0.2, 0) is 13.1 Å². The summed E-state index contributed by atoms with van der Waals surface area (Å²) >= 11 is 29.3. The molecule has 0 saturated heterocycles. The van der Waals surface area contributed by atoms with Crippen LogP contribution in [0.1, 0.15) is 37.7 Å². The number of aromatic hydroxyl groups is 2. The summed E-state index contributed by atoms with van der Waals surface area (Å²) in [6.45, 7) is 2.07. The smallest absolute Gasteiger partial charge is 0.300 e. The van der Waals surface area contributed by atoms with Crippen LogP contribution in [0.25, 0.3) is 11.3 Å². The monoisotopic (exact) mass is 774 g/mol. The van der Waals surface area contributed by atoms with Gasteiger partial charge in [-0.05, 0) is 66.1 Å². The molecule has 17 heteroatoms. The summed E-state index contributed by atoms with van der Waals surface area (Å²) in [5, 5.41) is 27.0. The van der Waals surface area contributed by atoms with E-state index in [1.807, 2.05) is 0 Å². The SMILES string of the molecule is Cc1ccc2nc(C(=O)NCc3ccc(Cl)c(Cl)c3)c(O)c(=O)n2c1.O=C(NCc1ccc(Cl)c(Cl)c1)c1nc2ccc(Cl)cn2c(=O)c1O. The summed E-state index contributed by atoms with van der Waals surface area (Å²) < 4.78 is 2.26. The van der Waals surface area contributed by atoms with Crippen molar-refractivity contribution >= 4 is 81.1 Å². The van der Waals surface area contributed by atoms with Gasteiger partial charge in [0.05, 0.1) is 25.1 Å². The first-order valence-electron chi connectivity index (χ1n) is 14.3. The summed E-state index contributed by atoms with van der Waals surface area (Å²) in [5.74, 6) is -2.82. The fourth-order valence-corrected chi connectivity index (χ4v) is 5.29. The number of amides is 2. The largest absolute Gasteiger partial charge is 0.501 e. The number of carbonyl (C=O) groups is 2. The topological polar surface area (TPSA) is 167 Å². The molecule has 4 aromatic heterocycles. The van der Waals surface area contributed by atoms with Gasteiger partial charge in [-0.15, -0.1) is 0 Å². The summed E-state index contributed by atoms with van der Waals surface area (Å²) in [7, 11) is 0. The second-order valence-corrected chi connectivity index (χ2v) is 12.7. The Hall–Kier alpha value is -4.85. The molecule has 50 heavy (non-hydrogen) atoms. The number of aryl methyl sites for hydroxylation is 1. The Morgan fingerprint density at radius 1 is 0.640 bits per heavy atom. The van der Waals surface area contributed by atoms with Crippen LogP contribution in [-0.4, -0.2) is 40.8 Å². The van der Waals surface area contributed by atoms with E-state index in [0.29, 0.717) is 30.7 Å². The van der Waals surface area contributed by atoms with E-state index in [1.165, 1.54) is 22.7 Å². The molecule has 0 aliphatic heterocycles. The van der Waals surface area contributed by atoms with Gasteiger partial charge in [-0.2, -0.15) is 0 Å². The number of aromatic nitrogens is 4. The van der Waals surface area contributed by atoms with Crippen molar-refractivity contribution < 1.29 is 19.8 Å². The quantitative estimate of drug-likeness (QED) is 0.154. The molecular formula is C33H23Cl5N6O6. The predicted molar refractivity (Wildman–Crippen MR) is 191 cm³/mol. The lowest BCUT2D eigenvalue weighted by Gasteiger charge is -2.09. The van der Waals surface area contributed by atoms with Crippen LogP contribution in [0, 0.1) is 6.92 Å². The van der Waals surface area contributed by atoms with Crippen LogP contribution in [0.5, 0.6) is 11.5 Å². The highest BCUT2D eigenvalue weighted by Crippen LogP contribution is 2.24. The van der Waals surface area contributed by atoms with E-state index >= 15 is 0 Å². The Morgan fingerprint density at radius 3 is 1.54 bits per heavy atom. The molecule has 4 N–H and O–H groups in total. The van der Waals surface area contributed by atoms with Crippen molar-refractivity contribution in [2.75, 3.05) is 0 Å². The maximum Gasteiger partial charge on any atom is 0.300 e. The van der Waals surface area contributed by atoms with E-state index in [2.05, 4.69) is 20.6 Å². The molecule has 0 aliphatic carbocycles. The number of hydrogen-bond acceptors (Lipinski definition) is 8. The van der Waals surface area contributed by atoms with Crippen molar-refractivity contribution in [1.29, 1.82) is 0 Å². The zero-order valence-electron chi connectivity index (χ0n) is 25.5. The Balaban J connectivity index is 0.000000194. The molecule has 2 aromatic carbocycles. The fourth-order valence-electron chi connectivity index (χ4n) is 4.49. The number of fused-ring (bicyclic) bond motifs is 2. The molecular weight excluding hydrogens is 754 g/mol. The number of pyridine rings is 2. The molecule has 6 aromatic rings. The van der Waals surface area contributed by atoms with Crippen molar-refractivity contribution in [3.05, 3.63) is 147 Å². The molecule has 0 radical (unpaired) electrons. The molecule has 2 amide bonds. The Kier molecular flexibility index (Phi) is 11.2. The van der Waals surface area contributed by atoms with E-state index in [9.17, 15) is 29.4 Å². The molecule has 256 valence electrons. The minimum Gasteiger partial charge on any atom is -0.501 e. The number of rotatable bonds is 6. The van der Waals surface area contributed by atoms with Crippen molar-refractivity contribution in [1.82, 2.24) is 29.4 Å². The van der Waals surface area contributed by atoms with Crippen LogP contribution in [0.4, 0.5) is 0 Å². The van der Waals surface area contributed by atoms with Crippen LogP contribution in [0.2, 0.25) is 25.1 Å². The average molecular weight is 777 g/mol. The number of hydrogen-bond donors (Lipinski definition) is 4. The number of carbonyl (C=O) groups excluding carboxylic acids is 2. The van der Waals surface area contributed by atoms with Crippen molar-refractivity contribution in [3.63, 3.8) is 0 Å². The molecule has 6 rings (SSSR count). The maximum absolute atomic E-state index is 12.3. The molecule has 12 nitrogen and oxygen atoms in total. The van der Waals surface area contributed by atoms with E-state index in [-0.39, 0.29) is 35.8 Å². The van der Waals surface area contributed by atoms with Gasteiger partial charge in [0.1, 0.15) is 11.3 Å². The molecule has 4 heterocycles. The second kappa shape index (κ2) is 15.4. The lowest BCUT2D eigenvalue weighted by molar-refractivity contribution is 0.0934. The first-order valence-corrected chi connectivity index (χ1v) is 16.2. The van der Waals surface area contributed by atoms with Gasteiger partial charge in [-0.25, -0.2) is 9.97 Å². The van der Waals surface area contributed by atoms with Gasteiger partial charge in [0.25, 0.3) is 11.8 Å². The van der Waals surface area contributed by atoms with Crippen LogP contribution in [0.3, 0.4) is 0 Å². The van der Waals surface area contributed by atoms with E-state index in [1.54, 1.807) is 61.7 Å². The van der Waals surface area contributed by atoms with E-state index in [4.69, 9.17) is 58.0 Å². The average Bonchev–Trinajstić information content (AvgIpc) is 3.09. The lowest BCUT2D eigenvalue weighted by atomic mass is 10.2. The maximum atomic E-state index is 12.3. The zero-order chi connectivity index (χ0) is 36.3. The van der Waals surface area contributed by atoms with Gasteiger partial charge >= 0.3 is 11.1 Å². The molecule has 0 bridgehead atoms. The standard InChI is InChI=1S/C17H13Cl2N3O3.C16H10Cl3N3O3/c1-9-2-5-13-21-14(15(23)17(25)22(13)8-9)16(24)20-7-10-3-4-11(18)12(19)6-10;17-9-2-4-12-21-13(14(23)16(25)22(12)7-9)15(24)20-6-8-1-3-10(18)11(19)5-8/h2-6,8,23H,7H2,1H3,(H,20,24);1-5,7,23H,6H2,(H,20,24). The molecule has 0 fully saturated rings. The van der Waals surface area contributed by atoms with Gasteiger partial charge in [-0.3, -0.25) is 28.0 Å². The third kappa shape index (κ3) is 8.12. The Labute approximate surface area is 307 Å². The van der Waals surface area contributed by atoms with Crippen LogP contribution >= 0.6 is 58.0 Å². The molecule has 0 unspecified atom stereocenters. The minimum atomic E-state index is -0.785. The third-order valence-electron chi connectivity index (χ3n) is 7.01. The number of nitrogens with zero attached hydrogens (tertiary/aromatic N) is 4. The van der Waals surface area contributed by atoms with E-state index in [0.717, 1.165) is 15.5 Å². The normalized spacial score (nSPS) is 10.8. The Bertz CT molecular complexity index is 2270. The lowest BCUT2D eigenvalue weighted by Crippen LogP contribution is -2.27. The highest BCUT2D eigenvalue weighted by Gasteiger charge is 2.20. The summed E-state index contributed by atoms with van der Waals surface area (Å²) in [6.07, 6.45) is 2.85. The molecule has 0 saturated carbocycles. The zero-order valence-corrected chi connectivity index (χ0v) is 29.3. The first kappa shape index (κ1) is 36.4. The van der Waals surface area contributed by atoms with E-state index < -0.39 is 34.4 Å². The minimum absolute atomic E-state index is 0.122. The van der Waals surface area contributed by atoms with Gasteiger partial charge in [0.15, 0.2) is 11.4 Å². The first-order chi connectivity index (χ1) is 23.7. The van der Waals surface area contributed by atoms with Gasteiger partial charge in [0.2, 0.25) is 11.5 Å². The molecule has 0 spiro atoms. The second-order valence-electron chi connectivity index (χ2n) is 10.6. The van der Waals surface area contributed by atoms with Gasteiger partial charge < -0.3 is 20.8 Å². The molecule has 0 aliphatic rings. The summed E-state index contributed by atoms with van der Waals surface area (Å²) in [4.78, 5) is 57.1. The highest BCUT2D eigenvalue weighted by atomic mass is 35.5. The van der Waals surface area contributed by atoms with Crippen molar-refractivity contribution in [3.8, 4) is 11.5 Å². The van der Waals surface area contributed by atoms with Gasteiger partial charge in [-0.1, -0.05) is 76.2 Å². The summed E-state index contributed by atoms with van der Waals surface area (Å²) in [5.41, 5.74) is 0.524. The van der Waals surface area contributed by atoms with Crippen molar-refractivity contribution in [2.45, 2.75) is 20.0 Å². The Morgan fingerprint density at radius 2 is 1.08 bits per heavy atom.